The molecule has 0 aliphatic carbocycles. The molecule has 0 saturated heterocycles. The lowest BCUT2D eigenvalue weighted by atomic mass is 10.1. The van der Waals surface area contributed by atoms with Gasteiger partial charge >= 0.3 is 0 Å². The molecule has 1 amide bonds. The Morgan fingerprint density at radius 1 is 1.12 bits per heavy atom. The Hall–Kier alpha value is -3.15. The molecule has 0 bridgehead atoms. The van der Waals surface area contributed by atoms with Crippen molar-refractivity contribution in [3.63, 3.8) is 0 Å². The highest BCUT2D eigenvalue weighted by atomic mass is 16.5. The summed E-state index contributed by atoms with van der Waals surface area (Å²) in [6, 6.07) is 14.7. The van der Waals surface area contributed by atoms with Crippen LogP contribution in [0.2, 0.25) is 0 Å². The molecule has 0 fully saturated rings. The maximum atomic E-state index is 12.0. The lowest BCUT2D eigenvalue weighted by Gasteiger charge is -2.10. The van der Waals surface area contributed by atoms with Gasteiger partial charge in [0.1, 0.15) is 11.6 Å². The number of nitrogens with one attached hydrogen (secondary N) is 1. The number of fused-ring (bicyclic) bond motifs is 1. The van der Waals surface area contributed by atoms with Crippen LogP contribution < -0.4 is 10.1 Å². The Balaban J connectivity index is 1.48. The molecule has 6 heteroatoms. The minimum absolute atomic E-state index is 0.00314. The molecule has 134 valence electrons. The van der Waals surface area contributed by atoms with Crippen LogP contribution in [0.1, 0.15) is 23.1 Å². The summed E-state index contributed by atoms with van der Waals surface area (Å²) in [5.41, 5.74) is 2.62. The molecule has 1 aromatic heterocycles. The standard InChI is InChI=1S/C20H21N3O3/c1-14(24)16-7-9-17(10-8-16)26-13-20(25)21-11-12-23-15(2)22-18-5-3-4-6-19(18)23/h3-10H,11-13H2,1-2H3,(H,21,25). The number of aryl methyl sites for hydroxylation is 1. The lowest BCUT2D eigenvalue weighted by molar-refractivity contribution is -0.123. The van der Waals surface area contributed by atoms with Gasteiger partial charge in [-0.1, -0.05) is 12.1 Å². The second-order valence-electron chi connectivity index (χ2n) is 6.02. The largest absolute Gasteiger partial charge is 0.484 e. The first-order chi connectivity index (χ1) is 12.5. The van der Waals surface area contributed by atoms with Crippen LogP contribution in [0.3, 0.4) is 0 Å². The zero-order valence-corrected chi connectivity index (χ0v) is 14.9. The summed E-state index contributed by atoms with van der Waals surface area (Å²) in [6.07, 6.45) is 0. The van der Waals surface area contributed by atoms with E-state index in [9.17, 15) is 9.59 Å². The summed E-state index contributed by atoms with van der Waals surface area (Å²) in [5.74, 6) is 1.28. The number of para-hydroxylation sites is 2. The van der Waals surface area contributed by atoms with Gasteiger partial charge in [0.25, 0.3) is 5.91 Å². The predicted octanol–water partition coefficient (Wildman–Crippen LogP) is 2.74. The molecule has 0 unspecified atom stereocenters. The van der Waals surface area contributed by atoms with E-state index >= 15 is 0 Å². The van der Waals surface area contributed by atoms with Gasteiger partial charge in [-0.15, -0.1) is 0 Å². The second-order valence-corrected chi connectivity index (χ2v) is 6.02. The van der Waals surface area contributed by atoms with E-state index in [0.717, 1.165) is 16.9 Å². The number of Topliss-reactive ketones (excluding diaryl/α,β-unsaturated/α-hetero) is 1. The Morgan fingerprint density at radius 2 is 1.85 bits per heavy atom. The fourth-order valence-corrected chi connectivity index (χ4v) is 2.77. The number of carbonyl (C=O) groups excluding carboxylic acids is 2. The average molecular weight is 351 g/mol. The number of amides is 1. The monoisotopic (exact) mass is 351 g/mol. The molecule has 0 radical (unpaired) electrons. The van der Waals surface area contributed by atoms with Crippen molar-refractivity contribution < 1.29 is 14.3 Å². The Morgan fingerprint density at radius 3 is 2.58 bits per heavy atom. The Kier molecular flexibility index (Phi) is 5.31. The van der Waals surface area contributed by atoms with E-state index in [4.69, 9.17) is 4.74 Å². The minimum Gasteiger partial charge on any atom is -0.484 e. The summed E-state index contributed by atoms with van der Waals surface area (Å²) >= 11 is 0. The van der Waals surface area contributed by atoms with Gasteiger partial charge in [0.2, 0.25) is 0 Å². The molecule has 3 aromatic rings. The van der Waals surface area contributed by atoms with Gasteiger partial charge in [-0.25, -0.2) is 4.98 Å². The third-order valence-electron chi connectivity index (χ3n) is 4.13. The molecular weight excluding hydrogens is 330 g/mol. The van der Waals surface area contributed by atoms with Crippen LogP contribution >= 0.6 is 0 Å². The van der Waals surface area contributed by atoms with Crippen LogP contribution in [0.15, 0.2) is 48.5 Å². The number of carbonyl (C=O) groups is 2. The van der Waals surface area contributed by atoms with Crippen molar-refractivity contribution in [2.45, 2.75) is 20.4 Å². The van der Waals surface area contributed by atoms with Crippen molar-refractivity contribution in [3.05, 3.63) is 59.9 Å². The SMILES string of the molecule is CC(=O)c1ccc(OCC(=O)NCCn2c(C)nc3ccccc32)cc1. The highest BCUT2D eigenvalue weighted by Crippen LogP contribution is 2.15. The summed E-state index contributed by atoms with van der Waals surface area (Å²) in [7, 11) is 0. The van der Waals surface area contributed by atoms with Gasteiger partial charge < -0.3 is 14.6 Å². The van der Waals surface area contributed by atoms with Gasteiger partial charge in [-0.05, 0) is 50.2 Å². The zero-order valence-electron chi connectivity index (χ0n) is 14.9. The van der Waals surface area contributed by atoms with E-state index in [-0.39, 0.29) is 18.3 Å². The van der Waals surface area contributed by atoms with Gasteiger partial charge in [0.15, 0.2) is 12.4 Å². The molecule has 0 aliphatic heterocycles. The number of aromatic nitrogens is 2. The molecule has 0 saturated carbocycles. The molecule has 3 rings (SSSR count). The van der Waals surface area contributed by atoms with Gasteiger partial charge in [-0.2, -0.15) is 0 Å². The lowest BCUT2D eigenvalue weighted by Crippen LogP contribution is -2.31. The Bertz CT molecular complexity index is 929. The van der Waals surface area contributed by atoms with Gasteiger partial charge in [0, 0.05) is 18.7 Å². The van der Waals surface area contributed by atoms with Crippen LogP contribution in [0.25, 0.3) is 11.0 Å². The number of imidazole rings is 1. The summed E-state index contributed by atoms with van der Waals surface area (Å²) in [5, 5.41) is 2.85. The van der Waals surface area contributed by atoms with Crippen LogP contribution in [0.5, 0.6) is 5.75 Å². The fourth-order valence-electron chi connectivity index (χ4n) is 2.77. The molecule has 26 heavy (non-hydrogen) atoms. The first-order valence-corrected chi connectivity index (χ1v) is 8.47. The number of ketones is 1. The van der Waals surface area contributed by atoms with E-state index in [2.05, 4.69) is 14.9 Å². The number of hydrogen-bond acceptors (Lipinski definition) is 4. The average Bonchev–Trinajstić information content (AvgIpc) is 2.96. The predicted molar refractivity (Wildman–Crippen MR) is 99.4 cm³/mol. The topological polar surface area (TPSA) is 73.2 Å². The molecule has 1 N–H and O–H groups in total. The smallest absolute Gasteiger partial charge is 0.258 e. The van der Waals surface area contributed by atoms with Crippen molar-refractivity contribution in [1.29, 1.82) is 0 Å². The van der Waals surface area contributed by atoms with E-state index in [0.29, 0.717) is 24.4 Å². The maximum absolute atomic E-state index is 12.0. The fraction of sp³-hybridized carbons (Fsp3) is 0.250. The molecule has 0 atom stereocenters. The van der Waals surface area contributed by atoms with Crippen molar-refractivity contribution in [2.24, 2.45) is 0 Å². The van der Waals surface area contributed by atoms with Crippen molar-refractivity contribution >= 4 is 22.7 Å². The number of benzene rings is 2. The third-order valence-corrected chi connectivity index (χ3v) is 4.13. The molecule has 1 heterocycles. The first-order valence-electron chi connectivity index (χ1n) is 8.47. The highest BCUT2D eigenvalue weighted by Gasteiger charge is 2.08. The molecule has 0 aliphatic rings. The summed E-state index contributed by atoms with van der Waals surface area (Å²) < 4.78 is 7.52. The van der Waals surface area contributed by atoms with Crippen molar-refractivity contribution in [3.8, 4) is 5.75 Å². The first kappa shape index (κ1) is 17.7. The molecule has 2 aromatic carbocycles. The van der Waals surface area contributed by atoms with Crippen LogP contribution in [0, 0.1) is 6.92 Å². The number of ether oxygens (including phenoxy) is 1. The maximum Gasteiger partial charge on any atom is 0.258 e. The Labute approximate surface area is 151 Å². The van der Waals surface area contributed by atoms with Crippen LogP contribution in [-0.2, 0) is 11.3 Å². The number of hydrogen-bond donors (Lipinski definition) is 1. The third kappa shape index (κ3) is 4.08. The van der Waals surface area contributed by atoms with Gasteiger partial charge in [-0.3, -0.25) is 9.59 Å². The zero-order chi connectivity index (χ0) is 18.5. The normalized spacial score (nSPS) is 10.7. The molecular formula is C20H21N3O3. The van der Waals surface area contributed by atoms with Gasteiger partial charge in [0.05, 0.1) is 11.0 Å². The van der Waals surface area contributed by atoms with Crippen LogP contribution in [-0.4, -0.2) is 34.4 Å². The van der Waals surface area contributed by atoms with Crippen molar-refractivity contribution in [2.75, 3.05) is 13.2 Å². The summed E-state index contributed by atoms with van der Waals surface area (Å²) in [4.78, 5) is 27.7. The highest BCUT2D eigenvalue weighted by molar-refractivity contribution is 5.94. The summed E-state index contributed by atoms with van der Waals surface area (Å²) in [6.45, 7) is 4.53. The van der Waals surface area contributed by atoms with E-state index in [1.165, 1.54) is 6.92 Å². The quantitative estimate of drug-likeness (QED) is 0.664. The molecule has 6 nitrogen and oxygen atoms in total. The minimum atomic E-state index is -0.192. The number of nitrogens with zero attached hydrogens (tertiary/aromatic N) is 2. The van der Waals surface area contributed by atoms with Crippen molar-refractivity contribution in [1.82, 2.24) is 14.9 Å². The van der Waals surface area contributed by atoms with E-state index in [1.54, 1.807) is 24.3 Å². The molecule has 0 spiro atoms. The second kappa shape index (κ2) is 7.82. The van der Waals surface area contributed by atoms with Crippen LogP contribution in [0.4, 0.5) is 0 Å². The number of rotatable bonds is 7. The van der Waals surface area contributed by atoms with E-state index < -0.39 is 0 Å². The van der Waals surface area contributed by atoms with E-state index in [1.807, 2.05) is 31.2 Å².